The molecular weight excluding hydrogens is 381 g/mol. The molecule has 1 aromatic carbocycles. The topological polar surface area (TPSA) is 60.5 Å². The number of halogens is 3. The summed E-state index contributed by atoms with van der Waals surface area (Å²) in [6.45, 7) is 1.82. The van der Waals surface area contributed by atoms with E-state index in [-0.39, 0.29) is 17.7 Å². The lowest BCUT2D eigenvalue weighted by molar-refractivity contribution is -0.137. The number of amides is 1. The first-order valence-electron chi connectivity index (χ1n) is 7.92. The van der Waals surface area contributed by atoms with Gasteiger partial charge in [0.05, 0.1) is 36.6 Å². The number of thioether (sulfide) groups is 1. The Balaban J connectivity index is 1.91. The predicted molar refractivity (Wildman–Crippen MR) is 96.1 cm³/mol. The molecular formula is C18H19F3N2O3S. The molecule has 1 aromatic heterocycles. The molecule has 1 heterocycles. The third-order valence-corrected chi connectivity index (χ3v) is 4.64. The maximum absolute atomic E-state index is 12.5. The van der Waals surface area contributed by atoms with Crippen molar-refractivity contribution >= 4 is 17.7 Å². The smallest absolute Gasteiger partial charge is 0.417 e. The van der Waals surface area contributed by atoms with Gasteiger partial charge in [0.2, 0.25) is 5.91 Å². The van der Waals surface area contributed by atoms with Crippen LogP contribution in [0.3, 0.4) is 0 Å². The van der Waals surface area contributed by atoms with Crippen LogP contribution < -0.4 is 14.8 Å². The number of ether oxygens (including phenoxy) is 2. The number of hydrogen-bond donors (Lipinski definition) is 1. The first-order valence-corrected chi connectivity index (χ1v) is 8.90. The van der Waals surface area contributed by atoms with Crippen LogP contribution >= 0.6 is 11.8 Å². The second-order valence-corrected chi connectivity index (χ2v) is 6.57. The van der Waals surface area contributed by atoms with Crippen LogP contribution in [0.5, 0.6) is 11.5 Å². The predicted octanol–water partition coefficient (Wildman–Crippen LogP) is 4.09. The molecule has 0 saturated heterocycles. The Kier molecular flexibility index (Phi) is 6.95. The van der Waals surface area contributed by atoms with Crippen molar-refractivity contribution in [2.75, 3.05) is 20.0 Å². The zero-order chi connectivity index (χ0) is 20.0. The van der Waals surface area contributed by atoms with E-state index >= 15 is 0 Å². The van der Waals surface area contributed by atoms with Crippen molar-refractivity contribution in [2.45, 2.75) is 24.2 Å². The Morgan fingerprint density at radius 1 is 1.19 bits per heavy atom. The molecule has 146 valence electrons. The fourth-order valence-electron chi connectivity index (χ4n) is 2.26. The average Bonchev–Trinajstić information content (AvgIpc) is 2.65. The van der Waals surface area contributed by atoms with E-state index in [1.165, 1.54) is 20.3 Å². The quantitative estimate of drug-likeness (QED) is 0.710. The van der Waals surface area contributed by atoms with Gasteiger partial charge in [-0.05, 0) is 36.8 Å². The number of aromatic nitrogens is 1. The third-order valence-electron chi connectivity index (χ3n) is 3.70. The number of benzene rings is 1. The van der Waals surface area contributed by atoms with Crippen molar-refractivity contribution in [3.05, 3.63) is 47.7 Å². The number of pyridine rings is 1. The van der Waals surface area contributed by atoms with E-state index in [1.54, 1.807) is 12.1 Å². The Bertz CT molecular complexity index is 782. The summed E-state index contributed by atoms with van der Waals surface area (Å²) in [6, 6.07) is 7.25. The SMILES string of the molecule is COc1ccc(C(C)NC(=O)CSc2ccc(C(F)(F)F)cn2)cc1OC. The molecule has 9 heteroatoms. The summed E-state index contributed by atoms with van der Waals surface area (Å²) in [5.41, 5.74) is 0.0111. The van der Waals surface area contributed by atoms with E-state index in [1.807, 2.05) is 13.0 Å². The van der Waals surface area contributed by atoms with Crippen LogP contribution in [0.25, 0.3) is 0 Å². The molecule has 27 heavy (non-hydrogen) atoms. The maximum Gasteiger partial charge on any atom is 0.417 e. The molecule has 1 N–H and O–H groups in total. The van der Waals surface area contributed by atoms with Crippen molar-refractivity contribution < 1.29 is 27.4 Å². The molecule has 0 radical (unpaired) electrons. The monoisotopic (exact) mass is 400 g/mol. The molecule has 0 spiro atoms. The molecule has 1 unspecified atom stereocenters. The zero-order valence-corrected chi connectivity index (χ0v) is 15.8. The van der Waals surface area contributed by atoms with Gasteiger partial charge in [-0.15, -0.1) is 0 Å². The summed E-state index contributed by atoms with van der Waals surface area (Å²) in [5, 5.41) is 3.17. The molecule has 2 rings (SSSR count). The molecule has 0 aliphatic carbocycles. The minimum absolute atomic E-state index is 0.0377. The molecule has 0 fully saturated rings. The van der Waals surface area contributed by atoms with E-state index in [9.17, 15) is 18.0 Å². The summed E-state index contributed by atoms with van der Waals surface area (Å²) in [4.78, 5) is 15.8. The average molecular weight is 400 g/mol. The number of alkyl halides is 3. The van der Waals surface area contributed by atoms with Crippen molar-refractivity contribution in [1.29, 1.82) is 0 Å². The maximum atomic E-state index is 12.5. The molecule has 1 atom stereocenters. The zero-order valence-electron chi connectivity index (χ0n) is 15.0. The largest absolute Gasteiger partial charge is 0.493 e. The van der Waals surface area contributed by atoms with Crippen LogP contribution in [-0.4, -0.2) is 30.9 Å². The molecule has 1 amide bonds. The summed E-state index contributed by atoms with van der Waals surface area (Å²) < 4.78 is 48.0. The van der Waals surface area contributed by atoms with Crippen molar-refractivity contribution in [3.8, 4) is 11.5 Å². The molecule has 5 nitrogen and oxygen atoms in total. The standard InChI is InChI=1S/C18H19F3N2O3S/c1-11(12-4-6-14(25-2)15(8-12)26-3)23-16(24)10-27-17-7-5-13(9-22-17)18(19,20)21/h4-9,11H,10H2,1-3H3,(H,23,24). The molecule has 2 aromatic rings. The normalized spacial score (nSPS) is 12.4. The second kappa shape index (κ2) is 8.98. The van der Waals surface area contributed by atoms with Crippen LogP contribution in [0.1, 0.15) is 24.1 Å². The van der Waals surface area contributed by atoms with Crippen LogP contribution in [0.15, 0.2) is 41.6 Å². The van der Waals surface area contributed by atoms with Crippen molar-refractivity contribution in [1.82, 2.24) is 10.3 Å². The fourth-order valence-corrected chi connectivity index (χ4v) is 2.92. The molecule has 0 saturated carbocycles. The molecule has 0 bridgehead atoms. The van der Waals surface area contributed by atoms with Gasteiger partial charge in [-0.2, -0.15) is 13.2 Å². The van der Waals surface area contributed by atoms with Crippen LogP contribution in [-0.2, 0) is 11.0 Å². The van der Waals surface area contributed by atoms with E-state index in [2.05, 4.69) is 10.3 Å². The van der Waals surface area contributed by atoms with Gasteiger partial charge in [0.25, 0.3) is 0 Å². The van der Waals surface area contributed by atoms with Gasteiger partial charge in [0.15, 0.2) is 11.5 Å². The van der Waals surface area contributed by atoms with Gasteiger partial charge in [-0.25, -0.2) is 4.98 Å². The first kappa shape index (κ1) is 20.9. The van der Waals surface area contributed by atoms with Crippen LogP contribution in [0.4, 0.5) is 13.2 Å². The lowest BCUT2D eigenvalue weighted by atomic mass is 10.1. The second-order valence-electron chi connectivity index (χ2n) is 5.58. The van der Waals surface area contributed by atoms with Gasteiger partial charge in [-0.3, -0.25) is 4.79 Å². The lowest BCUT2D eigenvalue weighted by Gasteiger charge is -2.16. The Labute approximate surface area is 159 Å². The lowest BCUT2D eigenvalue weighted by Crippen LogP contribution is -2.28. The van der Waals surface area contributed by atoms with E-state index in [0.29, 0.717) is 16.5 Å². The minimum Gasteiger partial charge on any atom is -0.493 e. The Morgan fingerprint density at radius 2 is 1.89 bits per heavy atom. The van der Waals surface area contributed by atoms with Gasteiger partial charge in [0, 0.05) is 6.20 Å². The highest BCUT2D eigenvalue weighted by Gasteiger charge is 2.30. The number of carbonyl (C=O) groups excluding carboxylic acids is 1. The van der Waals surface area contributed by atoms with Crippen molar-refractivity contribution in [3.63, 3.8) is 0 Å². The highest BCUT2D eigenvalue weighted by atomic mass is 32.2. The van der Waals surface area contributed by atoms with Crippen molar-refractivity contribution in [2.24, 2.45) is 0 Å². The first-order chi connectivity index (χ1) is 12.7. The summed E-state index contributed by atoms with van der Waals surface area (Å²) >= 11 is 1.06. The van der Waals surface area contributed by atoms with Crippen LogP contribution in [0, 0.1) is 0 Å². The molecule has 0 aliphatic rings. The number of carbonyl (C=O) groups is 1. The van der Waals surface area contributed by atoms with Gasteiger partial charge in [-0.1, -0.05) is 17.8 Å². The minimum atomic E-state index is -4.43. The third kappa shape index (κ3) is 5.78. The number of methoxy groups -OCH3 is 2. The van der Waals surface area contributed by atoms with E-state index in [4.69, 9.17) is 9.47 Å². The highest BCUT2D eigenvalue weighted by Crippen LogP contribution is 2.31. The number of hydrogen-bond acceptors (Lipinski definition) is 5. The summed E-state index contributed by atoms with van der Waals surface area (Å²) in [7, 11) is 3.06. The highest BCUT2D eigenvalue weighted by molar-refractivity contribution is 7.99. The summed E-state index contributed by atoms with van der Waals surface area (Å²) in [5.74, 6) is 0.919. The van der Waals surface area contributed by atoms with Gasteiger partial charge >= 0.3 is 6.18 Å². The number of nitrogens with one attached hydrogen (secondary N) is 1. The van der Waals surface area contributed by atoms with Crippen LogP contribution in [0.2, 0.25) is 0 Å². The van der Waals surface area contributed by atoms with Gasteiger partial charge < -0.3 is 14.8 Å². The Morgan fingerprint density at radius 3 is 2.44 bits per heavy atom. The van der Waals surface area contributed by atoms with Gasteiger partial charge in [0.1, 0.15) is 0 Å². The Hall–Kier alpha value is -2.42. The number of nitrogens with zero attached hydrogens (tertiary/aromatic N) is 1. The fraction of sp³-hybridized carbons (Fsp3) is 0.333. The molecule has 0 aliphatic heterocycles. The van der Waals surface area contributed by atoms with E-state index in [0.717, 1.165) is 29.6 Å². The number of rotatable bonds is 7. The summed E-state index contributed by atoms with van der Waals surface area (Å²) in [6.07, 6.45) is -3.67. The van der Waals surface area contributed by atoms with E-state index < -0.39 is 11.7 Å².